The number of ketones is 1. The van der Waals surface area contributed by atoms with Crippen LogP contribution in [0, 0.1) is 32.4 Å². The molecule has 3 aromatic heterocycles. The van der Waals surface area contributed by atoms with Gasteiger partial charge >= 0.3 is 0 Å². The lowest BCUT2D eigenvalue weighted by atomic mass is 9.93. The van der Waals surface area contributed by atoms with Crippen LogP contribution in [0.2, 0.25) is 0 Å². The molecule has 3 heterocycles. The maximum atomic E-state index is 15.3. The number of aromatic nitrogens is 3. The molecule has 5 aromatic rings. The van der Waals surface area contributed by atoms with Crippen molar-refractivity contribution in [1.82, 2.24) is 14.5 Å². The van der Waals surface area contributed by atoms with E-state index < -0.39 is 22.8 Å². The lowest BCUT2D eigenvalue weighted by Gasteiger charge is -2.18. The summed E-state index contributed by atoms with van der Waals surface area (Å²) in [6.45, 7) is 5.18. The van der Waals surface area contributed by atoms with Crippen molar-refractivity contribution in [3.8, 4) is 34.3 Å². The average molecular weight is 586 g/mol. The molecule has 8 nitrogen and oxygen atoms in total. The van der Waals surface area contributed by atoms with Gasteiger partial charge in [0.2, 0.25) is 5.43 Å². The number of ether oxygens (including phenoxy) is 3. The van der Waals surface area contributed by atoms with E-state index in [1.165, 1.54) is 44.7 Å². The highest BCUT2D eigenvalue weighted by Crippen LogP contribution is 2.35. The first-order valence-corrected chi connectivity index (χ1v) is 13.4. The summed E-state index contributed by atoms with van der Waals surface area (Å²) in [4.78, 5) is 35.9. The van der Waals surface area contributed by atoms with Crippen LogP contribution in [0.1, 0.15) is 32.9 Å². The molecular formula is C33H29F2N3O5. The maximum absolute atomic E-state index is 15.3. The van der Waals surface area contributed by atoms with Crippen molar-refractivity contribution in [3.05, 3.63) is 105 Å². The number of fused-ring (bicyclic) bond motifs is 1. The monoisotopic (exact) mass is 585 g/mol. The quantitative estimate of drug-likeness (QED) is 0.194. The minimum Gasteiger partial charge on any atom is -0.491 e. The Morgan fingerprint density at radius 1 is 0.907 bits per heavy atom. The van der Waals surface area contributed by atoms with Gasteiger partial charge in [-0.15, -0.1) is 0 Å². The molecule has 0 aliphatic carbocycles. The highest BCUT2D eigenvalue weighted by molar-refractivity contribution is 5.99. The zero-order chi connectivity index (χ0) is 31.0. The molecule has 0 spiro atoms. The Bertz CT molecular complexity index is 1970. The summed E-state index contributed by atoms with van der Waals surface area (Å²) in [5, 5.41) is 0. The van der Waals surface area contributed by atoms with E-state index >= 15 is 4.39 Å². The van der Waals surface area contributed by atoms with Gasteiger partial charge in [-0.25, -0.2) is 13.8 Å². The van der Waals surface area contributed by atoms with Crippen molar-refractivity contribution >= 4 is 16.8 Å². The number of Topliss-reactive ketones (excluding diaryl/α,β-unsaturated/α-hetero) is 1. The minimum absolute atomic E-state index is 0.00580. The molecule has 5 rings (SSSR count). The van der Waals surface area contributed by atoms with Crippen molar-refractivity contribution in [2.24, 2.45) is 7.05 Å². The Labute approximate surface area is 246 Å². The number of hydrogen-bond acceptors (Lipinski definition) is 7. The van der Waals surface area contributed by atoms with E-state index in [-0.39, 0.29) is 29.4 Å². The summed E-state index contributed by atoms with van der Waals surface area (Å²) < 4.78 is 47.2. The fourth-order valence-electron chi connectivity index (χ4n) is 5.11. The molecule has 43 heavy (non-hydrogen) atoms. The molecule has 0 saturated heterocycles. The highest BCUT2D eigenvalue weighted by atomic mass is 19.1. The number of aryl methyl sites for hydroxylation is 1. The molecule has 0 aliphatic heterocycles. The third kappa shape index (κ3) is 5.43. The molecule has 0 bridgehead atoms. The molecule has 0 saturated carbocycles. The number of pyridine rings is 3. The molecule has 2 aromatic carbocycles. The first-order valence-electron chi connectivity index (χ1n) is 13.4. The number of rotatable bonds is 8. The molecule has 0 amide bonds. The van der Waals surface area contributed by atoms with Crippen LogP contribution in [0.15, 0.2) is 59.5 Å². The van der Waals surface area contributed by atoms with Crippen molar-refractivity contribution < 1.29 is 27.8 Å². The number of methoxy groups -OCH3 is 2. The van der Waals surface area contributed by atoms with Crippen LogP contribution in [-0.4, -0.2) is 34.5 Å². The summed E-state index contributed by atoms with van der Waals surface area (Å²) in [5.74, 6) is -0.810. The van der Waals surface area contributed by atoms with Gasteiger partial charge in [-0.05, 0) is 61.7 Å². The smallest absolute Gasteiger partial charge is 0.257 e. The SMILES string of the molecule is COc1cc2nccc(Oc3ccc(CC(=O)c4c(C)n(C)c(C)c(-c5ccc(F)cc5C)c4=O)cc3F)c2nc1OC. The predicted molar refractivity (Wildman–Crippen MR) is 158 cm³/mol. The molecule has 0 radical (unpaired) electrons. The van der Waals surface area contributed by atoms with Crippen molar-refractivity contribution in [1.29, 1.82) is 0 Å². The zero-order valence-corrected chi connectivity index (χ0v) is 24.5. The van der Waals surface area contributed by atoms with Crippen molar-refractivity contribution in [2.45, 2.75) is 27.2 Å². The Hall–Kier alpha value is -5.12. The van der Waals surface area contributed by atoms with Crippen molar-refractivity contribution in [3.63, 3.8) is 0 Å². The average Bonchev–Trinajstić information content (AvgIpc) is 2.98. The van der Waals surface area contributed by atoms with Gasteiger partial charge in [0.15, 0.2) is 28.8 Å². The second kappa shape index (κ2) is 11.6. The number of carbonyl (C=O) groups excluding carboxylic acids is 1. The van der Waals surface area contributed by atoms with E-state index in [2.05, 4.69) is 9.97 Å². The van der Waals surface area contributed by atoms with E-state index in [4.69, 9.17) is 14.2 Å². The number of benzene rings is 2. The third-order valence-corrected chi connectivity index (χ3v) is 7.52. The van der Waals surface area contributed by atoms with Crippen LogP contribution in [-0.2, 0) is 13.5 Å². The predicted octanol–water partition coefficient (Wildman–Crippen LogP) is 6.43. The Morgan fingerprint density at radius 2 is 1.67 bits per heavy atom. The van der Waals surface area contributed by atoms with Crippen LogP contribution in [0.5, 0.6) is 23.1 Å². The fraction of sp³-hybridized carbons (Fsp3) is 0.212. The zero-order valence-electron chi connectivity index (χ0n) is 24.5. The third-order valence-electron chi connectivity index (χ3n) is 7.52. The lowest BCUT2D eigenvalue weighted by molar-refractivity contribution is 0.0990. The van der Waals surface area contributed by atoms with Gasteiger partial charge in [0.25, 0.3) is 5.88 Å². The molecule has 0 fully saturated rings. The molecular weight excluding hydrogens is 556 g/mol. The normalized spacial score (nSPS) is 11.1. The molecule has 0 atom stereocenters. The maximum Gasteiger partial charge on any atom is 0.257 e. The first-order chi connectivity index (χ1) is 20.5. The van der Waals surface area contributed by atoms with Gasteiger partial charge in [-0.2, -0.15) is 0 Å². The number of carbonyl (C=O) groups is 1. The summed E-state index contributed by atoms with van der Waals surface area (Å²) in [6, 6.07) is 11.5. The number of halogens is 2. The molecule has 0 aliphatic rings. The molecule has 220 valence electrons. The summed E-state index contributed by atoms with van der Waals surface area (Å²) in [7, 11) is 4.70. The number of hydrogen-bond donors (Lipinski definition) is 0. The van der Waals surface area contributed by atoms with E-state index in [9.17, 15) is 14.0 Å². The second-order valence-corrected chi connectivity index (χ2v) is 10.1. The van der Waals surface area contributed by atoms with E-state index in [0.29, 0.717) is 50.4 Å². The Morgan fingerprint density at radius 3 is 2.35 bits per heavy atom. The topological polar surface area (TPSA) is 92.5 Å². The van der Waals surface area contributed by atoms with Gasteiger partial charge in [0, 0.05) is 48.7 Å². The fourth-order valence-corrected chi connectivity index (χ4v) is 5.11. The first kappa shape index (κ1) is 29.4. The van der Waals surface area contributed by atoms with Crippen LogP contribution < -0.4 is 19.6 Å². The van der Waals surface area contributed by atoms with Gasteiger partial charge in [0.1, 0.15) is 11.3 Å². The minimum atomic E-state index is -0.702. The van der Waals surface area contributed by atoms with E-state index in [0.717, 1.165) is 0 Å². The summed E-state index contributed by atoms with van der Waals surface area (Å²) in [5.41, 5.74) is 3.32. The van der Waals surface area contributed by atoms with Gasteiger partial charge in [0.05, 0.1) is 25.3 Å². The largest absolute Gasteiger partial charge is 0.491 e. The summed E-state index contributed by atoms with van der Waals surface area (Å²) >= 11 is 0. The Kier molecular flexibility index (Phi) is 7.95. The van der Waals surface area contributed by atoms with Gasteiger partial charge in [-0.1, -0.05) is 12.1 Å². The van der Waals surface area contributed by atoms with Crippen LogP contribution >= 0.6 is 0 Å². The Balaban J connectivity index is 1.46. The standard InChI is InChI=1S/C33H29F2N3O5/c1-17-13-21(34)8-9-22(17)29-18(2)38(4)19(3)30(32(29)40)25(39)15-20-7-10-26(23(35)14-20)43-27-11-12-36-24-16-28(41-5)33(42-6)37-31(24)27/h7-14,16H,15H2,1-6H3. The highest BCUT2D eigenvalue weighted by Gasteiger charge is 2.23. The van der Waals surface area contributed by atoms with Crippen LogP contribution in [0.3, 0.4) is 0 Å². The van der Waals surface area contributed by atoms with Crippen LogP contribution in [0.25, 0.3) is 22.2 Å². The second-order valence-electron chi connectivity index (χ2n) is 10.1. The van der Waals surface area contributed by atoms with E-state index in [1.54, 1.807) is 56.7 Å². The molecule has 10 heteroatoms. The molecule has 0 unspecified atom stereocenters. The molecule has 0 N–H and O–H groups in total. The van der Waals surface area contributed by atoms with E-state index in [1.807, 2.05) is 0 Å². The number of nitrogens with zero attached hydrogens (tertiary/aromatic N) is 3. The lowest BCUT2D eigenvalue weighted by Crippen LogP contribution is -2.26. The summed E-state index contributed by atoms with van der Waals surface area (Å²) in [6.07, 6.45) is 1.29. The van der Waals surface area contributed by atoms with Gasteiger partial charge in [-0.3, -0.25) is 14.6 Å². The van der Waals surface area contributed by atoms with Crippen LogP contribution in [0.4, 0.5) is 8.78 Å². The van der Waals surface area contributed by atoms with Gasteiger partial charge < -0.3 is 18.8 Å². The van der Waals surface area contributed by atoms with Crippen molar-refractivity contribution in [2.75, 3.05) is 14.2 Å².